The van der Waals surface area contributed by atoms with Gasteiger partial charge in [0.2, 0.25) is 0 Å². The normalized spacial score (nSPS) is 6.56. The van der Waals surface area contributed by atoms with Gasteiger partial charge in [0.05, 0.1) is 6.07 Å². The van der Waals surface area contributed by atoms with Crippen LogP contribution >= 0.6 is 0 Å². The molecule has 0 N–H and O–H groups in total. The summed E-state index contributed by atoms with van der Waals surface area (Å²) in [5.41, 5.74) is 0. The van der Waals surface area contributed by atoms with Crippen LogP contribution in [-0.2, 0) is 31.0 Å². The van der Waals surface area contributed by atoms with Gasteiger partial charge in [-0.15, -0.1) is 0 Å². The van der Waals surface area contributed by atoms with Gasteiger partial charge >= 0.3 is 33.9 Å². The molecule has 0 aromatic heterocycles. The number of nitriles is 1. The predicted octanol–water partition coefficient (Wildman–Crippen LogP) is 2.57. The van der Waals surface area contributed by atoms with Gasteiger partial charge in [0.1, 0.15) is 0 Å². The molecule has 0 aliphatic carbocycles. The van der Waals surface area contributed by atoms with Gasteiger partial charge in [0.15, 0.2) is 0 Å². The second-order valence-electron chi connectivity index (χ2n) is 2.04. The molecule has 0 bridgehead atoms. The summed E-state index contributed by atoms with van der Waals surface area (Å²) >= 11 is 0. The Morgan fingerprint density at radius 2 is 1.50 bits per heavy atom. The summed E-state index contributed by atoms with van der Waals surface area (Å²) in [7, 11) is 0. The van der Waals surface area contributed by atoms with Crippen molar-refractivity contribution in [3.05, 3.63) is 57.8 Å². The molecule has 4 nitrogen and oxygen atoms in total. The zero-order valence-corrected chi connectivity index (χ0v) is 11.0. The fourth-order valence-electron chi connectivity index (χ4n) is 0.562. The molecule has 0 aliphatic rings. The number of hydrogen-bond donors (Lipinski definition) is 0. The van der Waals surface area contributed by atoms with Crippen LogP contribution in [0.5, 0.6) is 0 Å². The number of nitrogens with zero attached hydrogens (tertiary/aromatic N) is 1. The smallest absolute Gasteiger partial charge is 0 e. The third kappa shape index (κ3) is 60.1. The molecule has 0 aromatic rings. The van der Waals surface area contributed by atoms with E-state index in [4.69, 9.17) is 19.2 Å². The molecule has 5 heteroatoms. The van der Waals surface area contributed by atoms with E-state index in [1.807, 2.05) is 44.8 Å². The predicted molar refractivity (Wildman–Crippen MR) is 58.6 cm³/mol. The Morgan fingerprint density at radius 3 is 1.89 bits per heavy atom. The van der Waals surface area contributed by atoms with Gasteiger partial charge in [-0.05, 0) is 32.1 Å². The molecule has 0 atom stereocenters. The van der Waals surface area contributed by atoms with E-state index in [-0.39, 0.29) is 17.1 Å². The van der Waals surface area contributed by atoms with Crippen molar-refractivity contribution in [2.75, 3.05) is 0 Å². The van der Waals surface area contributed by atoms with E-state index in [2.05, 4.69) is 26.0 Å². The molecular weight excluding hydrogens is 274 g/mol. The molecule has 0 aliphatic heterocycles. The van der Waals surface area contributed by atoms with E-state index in [0.717, 1.165) is 6.42 Å². The van der Waals surface area contributed by atoms with Gasteiger partial charge in [-0.25, -0.2) is 0 Å². The zero-order valence-electron chi connectivity index (χ0n) is 9.90. The Balaban J connectivity index is -0.0000000700. The van der Waals surface area contributed by atoms with Crippen molar-refractivity contribution < 1.29 is 31.0 Å². The molecular formula is C13H13FeNO3. The maximum atomic E-state index is 8.19. The van der Waals surface area contributed by atoms with Crippen LogP contribution in [0.1, 0.15) is 19.8 Å². The third-order valence-electron chi connectivity index (χ3n) is 1.08. The quantitative estimate of drug-likeness (QED) is 0.320. The van der Waals surface area contributed by atoms with Crippen molar-refractivity contribution in [2.45, 2.75) is 19.8 Å². The summed E-state index contributed by atoms with van der Waals surface area (Å²) in [4.78, 5) is 0. The van der Waals surface area contributed by atoms with E-state index < -0.39 is 0 Å². The Hall–Kier alpha value is -1.03. The first-order chi connectivity index (χ1) is 8.41. The Labute approximate surface area is 120 Å². The fourth-order valence-corrected chi connectivity index (χ4v) is 0.562. The second kappa shape index (κ2) is 56.3. The van der Waals surface area contributed by atoms with Crippen LogP contribution < -0.4 is 0 Å². The Bertz CT molecular complexity index is 225. The molecule has 0 aromatic carbocycles. The molecule has 0 rings (SSSR count). The Morgan fingerprint density at radius 1 is 1.00 bits per heavy atom. The number of hydrogen-bond acceptors (Lipinski definition) is 1. The van der Waals surface area contributed by atoms with Gasteiger partial charge in [-0.3, -0.25) is 0 Å². The van der Waals surface area contributed by atoms with Crippen LogP contribution in [0.2, 0.25) is 0 Å². The molecule has 4 radical (unpaired) electrons. The standard InChI is InChI=1S/C10H13N.3CO.Fe/c1-2-3-4-5-6-7-8-9-10-11;3*1-2;/h2-7H,8-9H2,1H3;;;;/b7-6-;;;;. The van der Waals surface area contributed by atoms with Crippen molar-refractivity contribution in [1.29, 1.82) is 5.26 Å². The number of unbranched alkanes of at least 4 members (excludes halogenated alkanes) is 4. The van der Waals surface area contributed by atoms with E-state index in [1.165, 1.54) is 0 Å². The van der Waals surface area contributed by atoms with E-state index in [9.17, 15) is 0 Å². The summed E-state index contributed by atoms with van der Waals surface area (Å²) in [5.74, 6) is 0. The van der Waals surface area contributed by atoms with Gasteiger partial charge < -0.3 is 0 Å². The molecule has 0 heterocycles. The first kappa shape index (κ1) is 30.2. The van der Waals surface area contributed by atoms with Crippen molar-refractivity contribution in [1.82, 2.24) is 0 Å². The molecule has 0 saturated carbocycles. The number of allylic oxidation sites excluding steroid dienone is 2. The van der Waals surface area contributed by atoms with Crippen molar-refractivity contribution >= 4 is 0 Å². The van der Waals surface area contributed by atoms with E-state index in [0.29, 0.717) is 6.42 Å². The molecule has 96 valence electrons. The summed E-state index contributed by atoms with van der Waals surface area (Å²) in [6.45, 7) is 15.5. The molecule has 0 spiro atoms. The molecule has 0 amide bonds. The van der Waals surface area contributed by atoms with E-state index in [1.54, 1.807) is 0 Å². The monoisotopic (exact) mass is 287 g/mol. The molecule has 0 fully saturated rings. The minimum atomic E-state index is 0. The maximum absolute atomic E-state index is 8.19. The first-order valence-corrected chi connectivity index (χ1v) is 4.34. The van der Waals surface area contributed by atoms with Crippen LogP contribution in [-0.4, -0.2) is 0 Å². The second-order valence-corrected chi connectivity index (χ2v) is 2.04. The molecule has 0 unspecified atom stereocenters. The first-order valence-electron chi connectivity index (χ1n) is 4.34. The van der Waals surface area contributed by atoms with E-state index >= 15 is 0 Å². The topological polar surface area (TPSA) is 83.5 Å². The number of rotatable bonds is 6. The van der Waals surface area contributed by atoms with Crippen LogP contribution in [0, 0.1) is 57.0 Å². The summed E-state index contributed by atoms with van der Waals surface area (Å²) in [5, 5.41) is 8.19. The average Bonchev–Trinajstić information content (AvgIpc) is 2.45. The summed E-state index contributed by atoms with van der Waals surface area (Å²) in [6.07, 6.45) is 13.2. The van der Waals surface area contributed by atoms with Crippen LogP contribution in [0.4, 0.5) is 0 Å². The van der Waals surface area contributed by atoms with Gasteiger partial charge in [0, 0.05) is 23.5 Å². The molecule has 18 heavy (non-hydrogen) atoms. The summed E-state index contributed by atoms with van der Waals surface area (Å²) in [6, 6.07) is 2.08. The zero-order chi connectivity index (χ0) is 14.4. The fraction of sp³-hybridized carbons (Fsp3) is 0.231. The van der Waals surface area contributed by atoms with Gasteiger partial charge in [0.25, 0.3) is 0 Å². The molecule has 0 saturated heterocycles. The maximum Gasteiger partial charge on any atom is 0 e. The van der Waals surface area contributed by atoms with Crippen LogP contribution in [0.3, 0.4) is 0 Å². The largest absolute Gasteiger partial charge is 0 e. The average molecular weight is 287 g/mol. The van der Waals surface area contributed by atoms with Gasteiger partial charge in [-0.2, -0.15) is 5.26 Å². The Kier molecular flexibility index (Phi) is 94.6. The van der Waals surface area contributed by atoms with Crippen molar-refractivity contribution in [3.63, 3.8) is 0 Å². The van der Waals surface area contributed by atoms with Crippen molar-refractivity contribution in [2.24, 2.45) is 0 Å². The van der Waals surface area contributed by atoms with Crippen LogP contribution in [0.15, 0.2) is 12.2 Å². The third-order valence-corrected chi connectivity index (χ3v) is 1.08. The van der Waals surface area contributed by atoms with Crippen molar-refractivity contribution in [3.8, 4) is 6.07 Å². The minimum Gasteiger partial charge on any atom is 0 e. The minimum absolute atomic E-state index is 0. The van der Waals surface area contributed by atoms with Gasteiger partial charge in [-0.1, -0.05) is 19.1 Å². The van der Waals surface area contributed by atoms with Crippen LogP contribution in [0.25, 0.3) is 0 Å². The summed E-state index contributed by atoms with van der Waals surface area (Å²) < 4.78 is 22.5. The SMILES string of the molecule is C[CH][CH][CH][CH]/C=C\CCC#N.[C-]#[O+].[C-]#[O+].[C-]#[O+].[Fe].